The van der Waals surface area contributed by atoms with Gasteiger partial charge in [0.15, 0.2) is 5.84 Å². The molecule has 0 saturated heterocycles. The fourth-order valence-corrected chi connectivity index (χ4v) is 1.84. The summed E-state index contributed by atoms with van der Waals surface area (Å²) in [6, 6.07) is 11.8. The summed E-state index contributed by atoms with van der Waals surface area (Å²) in [6.07, 6.45) is 0. The second kappa shape index (κ2) is 5.82. The van der Waals surface area contributed by atoms with E-state index in [1.807, 2.05) is 0 Å². The molecule has 3 N–H and O–H groups in total. The minimum absolute atomic E-state index is 0.0930. The van der Waals surface area contributed by atoms with Gasteiger partial charge in [-0.15, -0.1) is 0 Å². The number of hydrogen-bond acceptors (Lipinski definition) is 3. The number of hydrogen-bond donors (Lipinski definition) is 2. The number of nitrogens with zero attached hydrogens (tertiary/aromatic N) is 1. The SMILES string of the molecule is NC(=NO)c1cc(Cl)ccc1Oc1ccccc1Cl. The molecule has 2 aromatic rings. The van der Waals surface area contributed by atoms with Crippen LogP contribution in [-0.4, -0.2) is 11.0 Å². The van der Waals surface area contributed by atoms with Crippen molar-refractivity contribution in [2.45, 2.75) is 0 Å². The van der Waals surface area contributed by atoms with Gasteiger partial charge in [0.2, 0.25) is 0 Å². The third kappa shape index (κ3) is 3.10. The van der Waals surface area contributed by atoms with Crippen molar-refractivity contribution >= 4 is 29.0 Å². The van der Waals surface area contributed by atoms with E-state index in [4.69, 9.17) is 38.9 Å². The van der Waals surface area contributed by atoms with Gasteiger partial charge in [0, 0.05) is 5.02 Å². The molecule has 0 aromatic heterocycles. The predicted octanol–water partition coefficient (Wildman–Crippen LogP) is 3.88. The molecule has 0 fully saturated rings. The van der Waals surface area contributed by atoms with Crippen molar-refractivity contribution in [1.82, 2.24) is 0 Å². The van der Waals surface area contributed by atoms with E-state index in [0.717, 1.165) is 0 Å². The monoisotopic (exact) mass is 296 g/mol. The Labute approximate surface area is 120 Å². The molecule has 0 bridgehead atoms. The number of rotatable bonds is 3. The van der Waals surface area contributed by atoms with Crippen LogP contribution in [0, 0.1) is 0 Å². The highest BCUT2D eigenvalue weighted by atomic mass is 35.5. The summed E-state index contributed by atoms with van der Waals surface area (Å²) in [5.41, 5.74) is 5.97. The van der Waals surface area contributed by atoms with Crippen LogP contribution in [0.4, 0.5) is 0 Å². The average Bonchev–Trinajstić information content (AvgIpc) is 2.42. The molecular formula is C13H10Cl2N2O2. The van der Waals surface area contributed by atoms with E-state index < -0.39 is 0 Å². The Kier molecular flexibility index (Phi) is 4.14. The lowest BCUT2D eigenvalue weighted by molar-refractivity contribution is 0.318. The summed E-state index contributed by atoms with van der Waals surface area (Å²) in [5.74, 6) is 0.774. The molecule has 0 heterocycles. The number of nitrogens with two attached hydrogens (primary N) is 1. The molecule has 19 heavy (non-hydrogen) atoms. The minimum atomic E-state index is -0.0930. The van der Waals surface area contributed by atoms with Gasteiger partial charge in [-0.3, -0.25) is 0 Å². The summed E-state index contributed by atoms with van der Waals surface area (Å²) in [6.45, 7) is 0. The molecule has 0 amide bonds. The number of oxime groups is 1. The van der Waals surface area contributed by atoms with Crippen molar-refractivity contribution in [2.24, 2.45) is 10.9 Å². The molecule has 6 heteroatoms. The molecule has 0 aliphatic rings. The van der Waals surface area contributed by atoms with Gasteiger partial charge in [0.25, 0.3) is 0 Å². The predicted molar refractivity (Wildman–Crippen MR) is 75.5 cm³/mol. The molecule has 0 aliphatic carbocycles. The maximum Gasteiger partial charge on any atom is 0.173 e. The first kappa shape index (κ1) is 13.5. The van der Waals surface area contributed by atoms with E-state index in [9.17, 15) is 0 Å². The van der Waals surface area contributed by atoms with Crippen LogP contribution in [0.1, 0.15) is 5.56 Å². The third-order valence-corrected chi connectivity index (χ3v) is 2.93. The largest absolute Gasteiger partial charge is 0.455 e. The zero-order valence-corrected chi connectivity index (χ0v) is 11.2. The lowest BCUT2D eigenvalue weighted by Gasteiger charge is -2.11. The van der Waals surface area contributed by atoms with Gasteiger partial charge < -0.3 is 15.7 Å². The highest BCUT2D eigenvalue weighted by Crippen LogP contribution is 2.32. The van der Waals surface area contributed by atoms with Crippen LogP contribution in [0.2, 0.25) is 10.0 Å². The fraction of sp³-hybridized carbons (Fsp3) is 0. The minimum Gasteiger partial charge on any atom is -0.455 e. The molecule has 2 rings (SSSR count). The Morgan fingerprint density at radius 1 is 1.11 bits per heavy atom. The van der Waals surface area contributed by atoms with E-state index in [0.29, 0.717) is 27.1 Å². The van der Waals surface area contributed by atoms with E-state index in [-0.39, 0.29) is 5.84 Å². The van der Waals surface area contributed by atoms with Gasteiger partial charge in [-0.1, -0.05) is 40.5 Å². The van der Waals surface area contributed by atoms with Crippen LogP contribution in [0.25, 0.3) is 0 Å². The Morgan fingerprint density at radius 3 is 2.53 bits per heavy atom. The highest BCUT2D eigenvalue weighted by Gasteiger charge is 2.11. The van der Waals surface area contributed by atoms with E-state index >= 15 is 0 Å². The second-order valence-corrected chi connectivity index (χ2v) is 4.50. The van der Waals surface area contributed by atoms with Crippen LogP contribution in [0.5, 0.6) is 11.5 Å². The lowest BCUT2D eigenvalue weighted by atomic mass is 10.2. The first-order chi connectivity index (χ1) is 9.11. The van der Waals surface area contributed by atoms with Crippen LogP contribution >= 0.6 is 23.2 Å². The molecular weight excluding hydrogens is 287 g/mol. The summed E-state index contributed by atoms with van der Waals surface area (Å²) >= 11 is 11.9. The number of halogens is 2. The molecule has 2 aromatic carbocycles. The van der Waals surface area contributed by atoms with Crippen LogP contribution in [0.3, 0.4) is 0 Å². The summed E-state index contributed by atoms with van der Waals surface area (Å²) in [5, 5.41) is 12.6. The van der Waals surface area contributed by atoms with Crippen molar-refractivity contribution in [2.75, 3.05) is 0 Å². The van der Waals surface area contributed by atoms with Gasteiger partial charge in [0.1, 0.15) is 11.5 Å². The summed E-state index contributed by atoms with van der Waals surface area (Å²) < 4.78 is 5.66. The van der Waals surface area contributed by atoms with Crippen molar-refractivity contribution in [3.8, 4) is 11.5 Å². The average molecular weight is 297 g/mol. The van der Waals surface area contributed by atoms with Crippen LogP contribution < -0.4 is 10.5 Å². The molecule has 0 saturated carbocycles. The van der Waals surface area contributed by atoms with Crippen molar-refractivity contribution < 1.29 is 9.94 Å². The van der Waals surface area contributed by atoms with Crippen LogP contribution in [0.15, 0.2) is 47.6 Å². The quantitative estimate of drug-likeness (QED) is 0.391. The van der Waals surface area contributed by atoms with E-state index in [2.05, 4.69) is 5.16 Å². The molecule has 0 radical (unpaired) electrons. The van der Waals surface area contributed by atoms with E-state index in [1.54, 1.807) is 42.5 Å². The maximum atomic E-state index is 8.76. The molecule has 0 spiro atoms. The van der Waals surface area contributed by atoms with Gasteiger partial charge in [-0.05, 0) is 30.3 Å². The maximum absolute atomic E-state index is 8.76. The number of amidine groups is 1. The Hall–Kier alpha value is -1.91. The zero-order chi connectivity index (χ0) is 13.8. The van der Waals surface area contributed by atoms with Crippen molar-refractivity contribution in [3.05, 3.63) is 58.1 Å². The molecule has 98 valence electrons. The topological polar surface area (TPSA) is 67.8 Å². The zero-order valence-electron chi connectivity index (χ0n) is 9.68. The Bertz CT molecular complexity index is 630. The van der Waals surface area contributed by atoms with Crippen molar-refractivity contribution in [1.29, 1.82) is 0 Å². The molecule has 0 unspecified atom stereocenters. The van der Waals surface area contributed by atoms with Gasteiger partial charge in [-0.25, -0.2) is 0 Å². The first-order valence-corrected chi connectivity index (χ1v) is 6.07. The molecule has 4 nitrogen and oxygen atoms in total. The van der Waals surface area contributed by atoms with Gasteiger partial charge in [0.05, 0.1) is 10.6 Å². The van der Waals surface area contributed by atoms with Crippen LogP contribution in [-0.2, 0) is 0 Å². The molecule has 0 atom stereocenters. The highest BCUT2D eigenvalue weighted by molar-refractivity contribution is 6.32. The van der Waals surface area contributed by atoms with Crippen molar-refractivity contribution in [3.63, 3.8) is 0 Å². The molecule has 0 aliphatic heterocycles. The second-order valence-electron chi connectivity index (χ2n) is 3.66. The Morgan fingerprint density at radius 2 is 1.84 bits per heavy atom. The normalized spacial score (nSPS) is 11.4. The number of benzene rings is 2. The van der Waals surface area contributed by atoms with Gasteiger partial charge in [-0.2, -0.15) is 0 Å². The third-order valence-electron chi connectivity index (χ3n) is 2.38. The summed E-state index contributed by atoms with van der Waals surface area (Å²) in [7, 11) is 0. The smallest absolute Gasteiger partial charge is 0.173 e. The lowest BCUT2D eigenvalue weighted by Crippen LogP contribution is -2.14. The number of para-hydroxylation sites is 1. The fourth-order valence-electron chi connectivity index (χ4n) is 1.49. The van der Waals surface area contributed by atoms with E-state index in [1.165, 1.54) is 0 Å². The first-order valence-electron chi connectivity index (χ1n) is 5.31. The van der Waals surface area contributed by atoms with Gasteiger partial charge >= 0.3 is 0 Å². The standard InChI is InChI=1S/C13H10Cl2N2O2/c14-8-5-6-11(9(7-8)13(16)17-18)19-12-4-2-1-3-10(12)15/h1-7,18H,(H2,16,17). The number of ether oxygens (including phenoxy) is 1. The summed E-state index contributed by atoms with van der Waals surface area (Å²) in [4.78, 5) is 0. The Balaban J connectivity index is 2.43.